The lowest BCUT2D eigenvalue weighted by Crippen LogP contribution is -2.24. The van der Waals surface area contributed by atoms with Gasteiger partial charge in [-0.2, -0.15) is 0 Å². The van der Waals surface area contributed by atoms with Gasteiger partial charge in [0.1, 0.15) is 18.5 Å². The van der Waals surface area contributed by atoms with Crippen LogP contribution in [0.25, 0.3) is 0 Å². The zero-order valence-corrected chi connectivity index (χ0v) is 12.1. The first kappa shape index (κ1) is 15.1. The van der Waals surface area contributed by atoms with Crippen LogP contribution in [0.4, 0.5) is 0 Å². The van der Waals surface area contributed by atoms with Gasteiger partial charge in [-0.05, 0) is 31.5 Å². The van der Waals surface area contributed by atoms with E-state index in [1.54, 1.807) is 6.07 Å². The number of carbonyl (C=O) groups excluding carboxylic acids is 1. The zero-order valence-electron chi connectivity index (χ0n) is 10.5. The molecule has 0 bridgehead atoms. The normalized spacial score (nSPS) is 12.2. The van der Waals surface area contributed by atoms with Gasteiger partial charge in [0, 0.05) is 11.1 Å². The molecule has 5 heteroatoms. The average Bonchev–Trinajstić information content (AvgIpc) is 2.34. The van der Waals surface area contributed by atoms with Gasteiger partial charge in [-0.15, -0.1) is 0 Å². The number of aliphatic hydroxyl groups is 1. The summed E-state index contributed by atoms with van der Waals surface area (Å²) in [6.45, 7) is 4.58. The lowest BCUT2D eigenvalue weighted by Gasteiger charge is -2.15. The van der Waals surface area contributed by atoms with Gasteiger partial charge in [0.15, 0.2) is 6.29 Å². The highest BCUT2D eigenvalue weighted by atomic mass is 79.9. The summed E-state index contributed by atoms with van der Waals surface area (Å²) in [6.07, 6.45) is 0.0367. The van der Waals surface area contributed by atoms with Crippen molar-refractivity contribution in [1.29, 1.82) is 0 Å². The minimum absolute atomic E-state index is 0.101. The maximum absolute atomic E-state index is 11.0. The summed E-state index contributed by atoms with van der Waals surface area (Å²) >= 11 is 3.32. The molecular formula is C13H17BrO4. The van der Waals surface area contributed by atoms with E-state index in [1.807, 2.05) is 19.9 Å². The molecule has 100 valence electrons. The molecule has 0 amide bonds. The molecule has 0 aliphatic heterocycles. The number of carbonyl (C=O) groups is 1. The number of aryl methyl sites for hydroxylation is 1. The molecule has 0 aliphatic rings. The number of ether oxygens (including phenoxy) is 2. The van der Waals surface area contributed by atoms with E-state index in [4.69, 9.17) is 9.47 Å². The molecule has 1 rings (SSSR count). The van der Waals surface area contributed by atoms with Gasteiger partial charge in [-0.1, -0.05) is 15.9 Å². The predicted molar refractivity (Wildman–Crippen MR) is 72.3 cm³/mol. The predicted octanol–water partition coefficient (Wildman–Crippen LogP) is 2.35. The van der Waals surface area contributed by atoms with E-state index in [-0.39, 0.29) is 13.2 Å². The summed E-state index contributed by atoms with van der Waals surface area (Å²) in [5.74, 6) is 0.503. The molecule has 0 heterocycles. The molecule has 4 nitrogen and oxygen atoms in total. The number of aliphatic hydroxyl groups excluding tert-OH is 1. The summed E-state index contributed by atoms with van der Waals surface area (Å²) in [7, 11) is 0. The Kier molecular flexibility index (Phi) is 6.32. The highest BCUT2D eigenvalue weighted by Crippen LogP contribution is 2.26. The van der Waals surface area contributed by atoms with Crippen molar-refractivity contribution in [3.05, 3.63) is 27.7 Å². The van der Waals surface area contributed by atoms with Gasteiger partial charge < -0.3 is 14.6 Å². The van der Waals surface area contributed by atoms with Crippen molar-refractivity contribution in [2.45, 2.75) is 20.0 Å². The number of benzene rings is 1. The molecule has 0 aliphatic carbocycles. The molecule has 0 aromatic heterocycles. The van der Waals surface area contributed by atoms with E-state index in [0.717, 1.165) is 16.3 Å². The third kappa shape index (κ3) is 4.40. The highest BCUT2D eigenvalue weighted by Gasteiger charge is 2.11. The summed E-state index contributed by atoms with van der Waals surface area (Å²) < 4.78 is 11.4. The molecule has 1 aromatic carbocycles. The van der Waals surface area contributed by atoms with E-state index in [2.05, 4.69) is 15.9 Å². The zero-order chi connectivity index (χ0) is 13.5. The Labute approximate surface area is 115 Å². The summed E-state index contributed by atoms with van der Waals surface area (Å²) in [5.41, 5.74) is 1.31. The lowest BCUT2D eigenvalue weighted by atomic mass is 10.1. The van der Waals surface area contributed by atoms with Crippen molar-refractivity contribution >= 4 is 22.2 Å². The van der Waals surface area contributed by atoms with E-state index in [1.165, 1.54) is 0 Å². The molecule has 1 aromatic rings. The van der Waals surface area contributed by atoms with Crippen molar-refractivity contribution in [3.63, 3.8) is 0 Å². The second-order valence-corrected chi connectivity index (χ2v) is 4.80. The molecule has 0 spiro atoms. The van der Waals surface area contributed by atoms with Crippen LogP contribution < -0.4 is 4.74 Å². The molecule has 0 saturated carbocycles. The summed E-state index contributed by atoms with van der Waals surface area (Å²) in [6, 6.07) is 3.54. The van der Waals surface area contributed by atoms with Gasteiger partial charge >= 0.3 is 0 Å². The Bertz CT molecular complexity index is 406. The van der Waals surface area contributed by atoms with Crippen LogP contribution in [0.5, 0.6) is 5.75 Å². The highest BCUT2D eigenvalue weighted by molar-refractivity contribution is 9.10. The van der Waals surface area contributed by atoms with Crippen LogP contribution in [-0.2, 0) is 4.74 Å². The monoisotopic (exact) mass is 316 g/mol. The van der Waals surface area contributed by atoms with Crippen molar-refractivity contribution in [3.8, 4) is 5.75 Å². The Hall–Kier alpha value is -0.910. The quantitative estimate of drug-likeness (QED) is 0.784. The van der Waals surface area contributed by atoms with Gasteiger partial charge in [0.25, 0.3) is 0 Å². The van der Waals surface area contributed by atoms with Crippen molar-refractivity contribution in [2.24, 2.45) is 0 Å². The minimum atomic E-state index is -0.701. The molecule has 0 saturated heterocycles. The molecule has 0 radical (unpaired) electrons. The van der Waals surface area contributed by atoms with Crippen LogP contribution in [0, 0.1) is 6.92 Å². The van der Waals surface area contributed by atoms with E-state index in [9.17, 15) is 9.90 Å². The Morgan fingerprint density at radius 3 is 2.78 bits per heavy atom. The first-order valence-corrected chi connectivity index (χ1v) is 6.51. The smallest absolute Gasteiger partial charge is 0.153 e. The molecule has 1 atom stereocenters. The lowest BCUT2D eigenvalue weighted by molar-refractivity contribution is 0.0162. The standard InChI is InChI=1S/C13H17BrO4/c1-3-17-7-12(16)8-18-13-9(2)4-11(14)5-10(13)6-15/h4-6,12,16H,3,7-8H2,1-2H3. The van der Waals surface area contributed by atoms with Gasteiger partial charge in [0.2, 0.25) is 0 Å². The van der Waals surface area contributed by atoms with Gasteiger partial charge in [-0.3, -0.25) is 4.79 Å². The van der Waals surface area contributed by atoms with Crippen LogP contribution in [0.1, 0.15) is 22.8 Å². The van der Waals surface area contributed by atoms with Crippen molar-refractivity contribution < 1.29 is 19.4 Å². The maximum Gasteiger partial charge on any atom is 0.153 e. The fourth-order valence-corrected chi connectivity index (χ4v) is 2.11. The number of aldehydes is 1. The molecule has 1 unspecified atom stereocenters. The minimum Gasteiger partial charge on any atom is -0.490 e. The molecule has 18 heavy (non-hydrogen) atoms. The molecule has 1 N–H and O–H groups in total. The first-order valence-electron chi connectivity index (χ1n) is 5.72. The van der Waals surface area contributed by atoms with Gasteiger partial charge in [-0.25, -0.2) is 0 Å². The Morgan fingerprint density at radius 1 is 1.44 bits per heavy atom. The van der Waals surface area contributed by atoms with Gasteiger partial charge in [0.05, 0.1) is 12.2 Å². The Morgan fingerprint density at radius 2 is 2.17 bits per heavy atom. The number of halogens is 1. The maximum atomic E-state index is 11.0. The van der Waals surface area contributed by atoms with Crippen LogP contribution in [0.3, 0.4) is 0 Å². The van der Waals surface area contributed by atoms with Crippen LogP contribution >= 0.6 is 15.9 Å². The fourth-order valence-electron chi connectivity index (χ4n) is 1.52. The van der Waals surface area contributed by atoms with Crippen molar-refractivity contribution in [2.75, 3.05) is 19.8 Å². The number of hydrogen-bond acceptors (Lipinski definition) is 4. The molecular weight excluding hydrogens is 300 g/mol. The van der Waals surface area contributed by atoms with Crippen LogP contribution in [-0.4, -0.2) is 37.3 Å². The van der Waals surface area contributed by atoms with E-state index in [0.29, 0.717) is 17.9 Å². The summed E-state index contributed by atoms with van der Waals surface area (Å²) in [5, 5.41) is 9.60. The average molecular weight is 317 g/mol. The Balaban J connectivity index is 2.69. The second-order valence-electron chi connectivity index (χ2n) is 3.88. The largest absolute Gasteiger partial charge is 0.490 e. The van der Waals surface area contributed by atoms with E-state index >= 15 is 0 Å². The number of rotatable bonds is 7. The SMILES string of the molecule is CCOCC(O)COc1c(C)cc(Br)cc1C=O. The third-order valence-corrected chi connectivity index (χ3v) is 2.79. The topological polar surface area (TPSA) is 55.8 Å². The third-order valence-electron chi connectivity index (χ3n) is 2.33. The second kappa shape index (κ2) is 7.51. The fraction of sp³-hybridized carbons (Fsp3) is 0.462. The van der Waals surface area contributed by atoms with E-state index < -0.39 is 6.10 Å². The van der Waals surface area contributed by atoms with Crippen LogP contribution in [0.2, 0.25) is 0 Å². The number of hydrogen-bond donors (Lipinski definition) is 1. The summed E-state index contributed by atoms with van der Waals surface area (Å²) in [4.78, 5) is 11.0. The van der Waals surface area contributed by atoms with Crippen molar-refractivity contribution in [1.82, 2.24) is 0 Å². The first-order chi connectivity index (χ1) is 8.58. The molecule has 0 fully saturated rings. The van der Waals surface area contributed by atoms with Crippen LogP contribution in [0.15, 0.2) is 16.6 Å².